The van der Waals surface area contributed by atoms with Crippen LogP contribution in [0.1, 0.15) is 19.4 Å². The lowest BCUT2D eigenvalue weighted by Gasteiger charge is -2.31. The number of aliphatic hydroxyl groups is 2. The molecule has 0 radical (unpaired) electrons. The van der Waals surface area contributed by atoms with Gasteiger partial charge in [-0.05, 0) is 13.8 Å². The molecule has 1 aromatic rings. The summed E-state index contributed by atoms with van der Waals surface area (Å²) >= 11 is 0. The third-order valence-corrected chi connectivity index (χ3v) is 3.70. The number of esters is 1. The number of rotatable bonds is 4. The van der Waals surface area contributed by atoms with E-state index in [4.69, 9.17) is 15.2 Å². The van der Waals surface area contributed by atoms with Gasteiger partial charge in [-0.1, -0.05) is 12.7 Å². The van der Waals surface area contributed by atoms with Crippen molar-refractivity contribution in [3.05, 3.63) is 28.8 Å². The van der Waals surface area contributed by atoms with Gasteiger partial charge in [-0.25, -0.2) is 9.59 Å². The highest BCUT2D eigenvalue weighted by molar-refractivity contribution is 5.79. The predicted octanol–water partition coefficient (Wildman–Crippen LogP) is -1.18. The van der Waals surface area contributed by atoms with Crippen LogP contribution in [0.3, 0.4) is 0 Å². The van der Waals surface area contributed by atoms with Crippen molar-refractivity contribution < 1.29 is 24.5 Å². The Morgan fingerprint density at radius 3 is 2.78 bits per heavy atom. The summed E-state index contributed by atoms with van der Waals surface area (Å²) < 4.78 is 11.2. The quantitative estimate of drug-likeness (QED) is 0.589. The van der Waals surface area contributed by atoms with Crippen LogP contribution in [0.15, 0.2) is 17.6 Å². The Balaban J connectivity index is 2.72. The average Bonchev–Trinajstić information content (AvgIpc) is 2.73. The molecule has 0 saturated carbocycles. The largest absolute Gasteiger partial charge is 0.462 e. The summed E-state index contributed by atoms with van der Waals surface area (Å²) in [6, 6.07) is 0. The number of nitrogen functional groups attached to an aromatic ring is 1. The molecule has 0 amide bonds. The zero-order chi connectivity index (χ0) is 17.4. The zero-order valence-corrected chi connectivity index (χ0v) is 12.8. The fourth-order valence-corrected chi connectivity index (χ4v) is 2.49. The molecule has 1 aromatic heterocycles. The van der Waals surface area contributed by atoms with E-state index >= 15 is 0 Å². The first-order valence-corrected chi connectivity index (χ1v) is 7.02. The van der Waals surface area contributed by atoms with Gasteiger partial charge in [-0.15, -0.1) is 0 Å². The van der Waals surface area contributed by atoms with E-state index in [1.165, 1.54) is 19.2 Å². The molecule has 2 heterocycles. The molecule has 1 fully saturated rings. The van der Waals surface area contributed by atoms with E-state index in [1.54, 1.807) is 6.92 Å². The van der Waals surface area contributed by atoms with Crippen molar-refractivity contribution in [2.45, 2.75) is 37.9 Å². The summed E-state index contributed by atoms with van der Waals surface area (Å²) in [4.78, 5) is 28.3. The molecule has 4 atom stereocenters. The number of hydrogen-bond donors (Lipinski definition) is 3. The van der Waals surface area contributed by atoms with Crippen LogP contribution in [-0.4, -0.2) is 50.7 Å². The molecule has 0 aliphatic carbocycles. The predicted molar refractivity (Wildman–Crippen MR) is 80.2 cm³/mol. The van der Waals surface area contributed by atoms with Crippen LogP contribution >= 0.6 is 0 Å². The zero-order valence-electron chi connectivity index (χ0n) is 12.8. The maximum atomic E-state index is 12.4. The summed E-state index contributed by atoms with van der Waals surface area (Å²) in [5, 5.41) is 20.4. The normalized spacial score (nSPS) is 30.2. The maximum Gasteiger partial charge on any atom is 0.363 e. The van der Waals surface area contributed by atoms with E-state index in [-0.39, 0.29) is 18.0 Å². The van der Waals surface area contributed by atoms with Crippen LogP contribution in [0.2, 0.25) is 0 Å². The van der Waals surface area contributed by atoms with Crippen LogP contribution in [0.4, 0.5) is 5.82 Å². The van der Waals surface area contributed by atoms with Crippen molar-refractivity contribution >= 4 is 17.9 Å². The van der Waals surface area contributed by atoms with Gasteiger partial charge in [0.15, 0.2) is 0 Å². The minimum Gasteiger partial charge on any atom is -0.462 e. The summed E-state index contributed by atoms with van der Waals surface area (Å²) in [5.74, 6) is -1.10. The van der Waals surface area contributed by atoms with Gasteiger partial charge in [-0.3, -0.25) is 4.57 Å². The molecule has 1 aliphatic heterocycles. The summed E-state index contributed by atoms with van der Waals surface area (Å²) in [6.45, 7) is 6.55. The SMILES string of the molecule is C=Cc1cn([C@]2(C(=O)OCC)O[C@H](C)[C@@H](O)[C@H]2O)c(=O)nc1N. The Morgan fingerprint density at radius 2 is 2.30 bits per heavy atom. The summed E-state index contributed by atoms with van der Waals surface area (Å²) in [6.07, 6.45) is -1.51. The number of ether oxygens (including phenoxy) is 2. The number of carbonyl (C=O) groups excluding carboxylic acids is 1. The van der Waals surface area contributed by atoms with Crippen molar-refractivity contribution in [1.29, 1.82) is 0 Å². The first-order valence-electron chi connectivity index (χ1n) is 7.02. The van der Waals surface area contributed by atoms with Gasteiger partial charge in [0.2, 0.25) is 0 Å². The Labute approximate surface area is 132 Å². The Kier molecular flexibility index (Phi) is 4.55. The molecule has 0 bridgehead atoms. The molecule has 1 saturated heterocycles. The van der Waals surface area contributed by atoms with Crippen LogP contribution in [0, 0.1) is 0 Å². The van der Waals surface area contributed by atoms with Crippen molar-refractivity contribution in [2.75, 3.05) is 12.3 Å². The monoisotopic (exact) mass is 325 g/mol. The molecular formula is C14H19N3O6. The molecule has 9 heteroatoms. The molecule has 9 nitrogen and oxygen atoms in total. The van der Waals surface area contributed by atoms with Gasteiger partial charge in [0, 0.05) is 11.8 Å². The highest BCUT2D eigenvalue weighted by Gasteiger charge is 2.61. The molecular weight excluding hydrogens is 306 g/mol. The highest BCUT2D eigenvalue weighted by atomic mass is 16.6. The highest BCUT2D eigenvalue weighted by Crippen LogP contribution is 2.36. The van der Waals surface area contributed by atoms with Crippen LogP contribution in [0.5, 0.6) is 0 Å². The summed E-state index contributed by atoms with van der Waals surface area (Å²) in [7, 11) is 0. The second kappa shape index (κ2) is 6.11. The minimum absolute atomic E-state index is 0.00733. The van der Waals surface area contributed by atoms with Crippen LogP contribution < -0.4 is 11.4 Å². The first kappa shape index (κ1) is 17.1. The third kappa shape index (κ3) is 2.52. The second-order valence-corrected chi connectivity index (χ2v) is 5.11. The fourth-order valence-electron chi connectivity index (χ4n) is 2.49. The number of aliphatic hydroxyl groups excluding tert-OH is 2. The van der Waals surface area contributed by atoms with Gasteiger partial charge in [0.25, 0.3) is 5.72 Å². The summed E-state index contributed by atoms with van der Waals surface area (Å²) in [5.41, 5.74) is 2.69. The van der Waals surface area contributed by atoms with Crippen molar-refractivity contribution in [3.8, 4) is 0 Å². The maximum absolute atomic E-state index is 12.4. The van der Waals surface area contributed by atoms with E-state index in [2.05, 4.69) is 11.6 Å². The lowest BCUT2D eigenvalue weighted by atomic mass is 10.0. The van der Waals surface area contributed by atoms with Gasteiger partial charge < -0.3 is 25.4 Å². The van der Waals surface area contributed by atoms with Crippen LogP contribution in [-0.2, 0) is 20.0 Å². The van der Waals surface area contributed by atoms with Gasteiger partial charge in [-0.2, -0.15) is 4.98 Å². The first-order chi connectivity index (χ1) is 10.8. The molecule has 23 heavy (non-hydrogen) atoms. The number of anilines is 1. The van der Waals surface area contributed by atoms with Gasteiger partial charge in [0.05, 0.1) is 12.7 Å². The molecule has 0 unspecified atom stereocenters. The molecule has 4 N–H and O–H groups in total. The number of nitrogens with two attached hydrogens (primary N) is 1. The topological polar surface area (TPSA) is 137 Å². The second-order valence-electron chi connectivity index (χ2n) is 5.11. The lowest BCUT2D eigenvalue weighted by Crippen LogP contribution is -2.56. The van der Waals surface area contributed by atoms with Gasteiger partial charge in [0.1, 0.15) is 18.0 Å². The van der Waals surface area contributed by atoms with E-state index in [0.29, 0.717) is 0 Å². The Bertz CT molecular complexity index is 688. The van der Waals surface area contributed by atoms with Crippen molar-refractivity contribution in [2.24, 2.45) is 0 Å². The van der Waals surface area contributed by atoms with E-state index in [1.807, 2.05) is 0 Å². The number of nitrogens with zero attached hydrogens (tertiary/aromatic N) is 2. The van der Waals surface area contributed by atoms with E-state index < -0.39 is 35.7 Å². The fraction of sp³-hybridized carbons (Fsp3) is 0.500. The number of hydrogen-bond acceptors (Lipinski definition) is 8. The molecule has 0 spiro atoms. The van der Waals surface area contributed by atoms with Crippen LogP contribution in [0.25, 0.3) is 6.08 Å². The number of aromatic nitrogens is 2. The molecule has 0 aromatic carbocycles. The Hall–Kier alpha value is -2.23. The van der Waals surface area contributed by atoms with E-state index in [9.17, 15) is 19.8 Å². The average molecular weight is 325 g/mol. The lowest BCUT2D eigenvalue weighted by molar-refractivity contribution is -0.199. The van der Waals surface area contributed by atoms with Crippen molar-refractivity contribution in [3.63, 3.8) is 0 Å². The molecule has 126 valence electrons. The Morgan fingerprint density at radius 1 is 1.65 bits per heavy atom. The smallest absolute Gasteiger partial charge is 0.363 e. The van der Waals surface area contributed by atoms with Gasteiger partial charge >= 0.3 is 11.7 Å². The number of carbonyl (C=O) groups is 1. The third-order valence-electron chi connectivity index (χ3n) is 3.70. The van der Waals surface area contributed by atoms with Crippen molar-refractivity contribution in [1.82, 2.24) is 9.55 Å². The van der Waals surface area contributed by atoms with E-state index in [0.717, 1.165) is 4.57 Å². The molecule has 2 rings (SSSR count). The molecule has 1 aliphatic rings. The standard InChI is InChI=1S/C14H19N3O6/c1-4-8-6-17(13(21)16-11(8)15)14(12(20)22-5-2)10(19)9(18)7(3)23-14/h4,6-7,9-10,18-19H,1,5H2,2-3H3,(H2,15,16,21)/t7-,9-,10-,14+/m1/s1. The minimum atomic E-state index is -2.25.